The molecule has 1 aromatic heterocycles. The van der Waals surface area contributed by atoms with Crippen molar-refractivity contribution in [3.8, 4) is 5.88 Å². The fraction of sp³-hybridized carbons (Fsp3) is 0.700. The summed E-state index contributed by atoms with van der Waals surface area (Å²) in [5, 5.41) is 6.88. The number of guanidine groups is 1. The summed E-state index contributed by atoms with van der Waals surface area (Å²) in [6.07, 6.45) is 11.3. The molecule has 0 radical (unpaired) electrons. The predicted molar refractivity (Wildman–Crippen MR) is 101 cm³/mol. The van der Waals surface area contributed by atoms with Gasteiger partial charge in [-0.05, 0) is 57.4 Å². The van der Waals surface area contributed by atoms with Crippen LogP contribution in [0.15, 0.2) is 23.3 Å². The minimum atomic E-state index is 0.345. The molecule has 2 N–H and O–H groups in total. The van der Waals surface area contributed by atoms with Gasteiger partial charge in [0.15, 0.2) is 5.96 Å². The topological polar surface area (TPSA) is 67.8 Å². The fourth-order valence-electron chi connectivity index (χ4n) is 4.21. The smallest absolute Gasteiger partial charge is 0.213 e. The van der Waals surface area contributed by atoms with Crippen LogP contribution in [0.4, 0.5) is 0 Å². The molecule has 2 aliphatic heterocycles. The zero-order chi connectivity index (χ0) is 17.8. The van der Waals surface area contributed by atoms with Gasteiger partial charge in [0.25, 0.3) is 0 Å². The normalized spacial score (nSPS) is 28.5. The minimum absolute atomic E-state index is 0.345. The van der Waals surface area contributed by atoms with Gasteiger partial charge in [0.2, 0.25) is 5.88 Å². The van der Waals surface area contributed by atoms with E-state index in [9.17, 15) is 0 Å². The van der Waals surface area contributed by atoms with Crippen molar-refractivity contribution >= 4 is 5.96 Å². The van der Waals surface area contributed by atoms with E-state index in [0.717, 1.165) is 49.6 Å². The number of pyridine rings is 1. The number of aliphatic imine (C=N–C) groups is 1. The third kappa shape index (κ3) is 4.29. The Morgan fingerprint density at radius 3 is 2.81 bits per heavy atom. The van der Waals surface area contributed by atoms with Gasteiger partial charge in [-0.15, -0.1) is 0 Å². The zero-order valence-corrected chi connectivity index (χ0v) is 15.6. The maximum atomic E-state index is 5.93. The fourth-order valence-corrected chi connectivity index (χ4v) is 4.21. The van der Waals surface area contributed by atoms with Crippen LogP contribution in [-0.4, -0.2) is 41.8 Å². The van der Waals surface area contributed by atoms with Crippen LogP contribution in [0.5, 0.6) is 5.88 Å². The summed E-state index contributed by atoms with van der Waals surface area (Å²) in [4.78, 5) is 9.17. The highest BCUT2D eigenvalue weighted by Gasteiger charge is 2.41. The Hall–Kier alpha value is -1.82. The number of aromatic nitrogens is 1. The molecule has 1 aromatic rings. The standard InChI is InChI=1S/C20H30N4O2/c1-2-21-20(24-17-11-16-8-9-18(17)25-16)23-13-14-7-10-19(22-12-14)26-15-5-3-4-6-15/h7,10,12,15-18H,2-6,8-9,11,13H2,1H3,(H2,21,23,24). The highest BCUT2D eigenvalue weighted by molar-refractivity contribution is 5.80. The molecule has 3 atom stereocenters. The zero-order valence-electron chi connectivity index (χ0n) is 15.6. The van der Waals surface area contributed by atoms with Crippen LogP contribution in [0, 0.1) is 0 Å². The Labute approximate surface area is 155 Å². The molecular formula is C20H30N4O2. The van der Waals surface area contributed by atoms with Crippen molar-refractivity contribution in [1.82, 2.24) is 15.6 Å². The Morgan fingerprint density at radius 1 is 1.27 bits per heavy atom. The summed E-state index contributed by atoms with van der Waals surface area (Å²) >= 11 is 0. The lowest BCUT2D eigenvalue weighted by Crippen LogP contribution is -2.47. The molecule has 3 unspecified atom stereocenters. The third-order valence-corrected chi connectivity index (χ3v) is 5.58. The number of rotatable bonds is 6. The number of nitrogens with one attached hydrogen (secondary N) is 2. The quantitative estimate of drug-likeness (QED) is 0.605. The van der Waals surface area contributed by atoms with Crippen molar-refractivity contribution in [2.24, 2.45) is 4.99 Å². The summed E-state index contributed by atoms with van der Waals surface area (Å²) in [5.41, 5.74) is 1.09. The van der Waals surface area contributed by atoms with Crippen molar-refractivity contribution in [1.29, 1.82) is 0 Å². The monoisotopic (exact) mass is 358 g/mol. The lowest BCUT2D eigenvalue weighted by Gasteiger charge is -2.22. The van der Waals surface area contributed by atoms with Gasteiger partial charge in [-0.2, -0.15) is 0 Å². The van der Waals surface area contributed by atoms with Crippen molar-refractivity contribution in [3.05, 3.63) is 23.9 Å². The summed E-state index contributed by atoms with van der Waals surface area (Å²) in [6, 6.07) is 4.41. The predicted octanol–water partition coefficient (Wildman–Crippen LogP) is 2.78. The van der Waals surface area contributed by atoms with Crippen molar-refractivity contribution < 1.29 is 9.47 Å². The van der Waals surface area contributed by atoms with Crippen molar-refractivity contribution in [2.45, 2.75) is 82.8 Å². The van der Waals surface area contributed by atoms with Gasteiger partial charge in [-0.1, -0.05) is 6.07 Å². The Bertz CT molecular complexity index is 613. The van der Waals surface area contributed by atoms with E-state index in [1.807, 2.05) is 12.3 Å². The van der Waals surface area contributed by atoms with E-state index in [1.54, 1.807) is 0 Å². The Balaban J connectivity index is 1.32. The van der Waals surface area contributed by atoms with Gasteiger partial charge in [-0.3, -0.25) is 0 Å². The molecule has 3 heterocycles. The number of hydrogen-bond donors (Lipinski definition) is 2. The Morgan fingerprint density at radius 2 is 2.15 bits per heavy atom. The van der Waals surface area contributed by atoms with E-state index < -0.39 is 0 Å². The second-order valence-electron chi connectivity index (χ2n) is 7.58. The lowest BCUT2D eigenvalue weighted by atomic mass is 9.96. The number of ether oxygens (including phenoxy) is 2. The number of nitrogens with zero attached hydrogens (tertiary/aromatic N) is 2. The summed E-state index contributed by atoms with van der Waals surface area (Å²) in [5.74, 6) is 1.59. The third-order valence-electron chi connectivity index (χ3n) is 5.58. The SMILES string of the molecule is CCNC(=NCc1ccc(OC2CCCC2)nc1)NC1CC2CCC1O2. The van der Waals surface area contributed by atoms with Gasteiger partial charge in [-0.25, -0.2) is 9.98 Å². The minimum Gasteiger partial charge on any atom is -0.474 e. The van der Waals surface area contributed by atoms with Gasteiger partial charge in [0.1, 0.15) is 6.10 Å². The molecule has 6 nitrogen and oxygen atoms in total. The Kier molecular flexibility index (Phi) is 5.58. The van der Waals surface area contributed by atoms with Gasteiger partial charge in [0.05, 0.1) is 24.8 Å². The maximum absolute atomic E-state index is 5.93. The summed E-state index contributed by atoms with van der Waals surface area (Å²) in [7, 11) is 0. The number of hydrogen-bond acceptors (Lipinski definition) is 4. The van der Waals surface area contributed by atoms with Crippen LogP contribution in [0.1, 0.15) is 57.4 Å². The molecule has 6 heteroatoms. The second-order valence-corrected chi connectivity index (χ2v) is 7.58. The molecule has 0 amide bonds. The second kappa shape index (κ2) is 8.25. The average molecular weight is 358 g/mol. The largest absolute Gasteiger partial charge is 0.474 e. The molecule has 26 heavy (non-hydrogen) atoms. The molecule has 1 aliphatic carbocycles. The first-order chi connectivity index (χ1) is 12.8. The van der Waals surface area contributed by atoms with Crippen LogP contribution in [0.3, 0.4) is 0 Å². The first-order valence-electron chi connectivity index (χ1n) is 10.1. The first-order valence-corrected chi connectivity index (χ1v) is 10.1. The van der Waals surface area contributed by atoms with Crippen LogP contribution < -0.4 is 15.4 Å². The molecule has 142 valence electrons. The molecule has 2 bridgehead atoms. The number of fused-ring (bicyclic) bond motifs is 2. The van der Waals surface area contributed by atoms with Crippen LogP contribution in [0.2, 0.25) is 0 Å². The molecule has 3 fully saturated rings. The lowest BCUT2D eigenvalue weighted by molar-refractivity contribution is 0.0992. The van der Waals surface area contributed by atoms with E-state index in [4.69, 9.17) is 14.5 Å². The van der Waals surface area contributed by atoms with Crippen molar-refractivity contribution in [3.63, 3.8) is 0 Å². The molecule has 3 aliphatic rings. The van der Waals surface area contributed by atoms with E-state index in [-0.39, 0.29) is 0 Å². The van der Waals surface area contributed by atoms with E-state index in [1.165, 1.54) is 19.3 Å². The van der Waals surface area contributed by atoms with E-state index in [2.05, 4.69) is 28.6 Å². The van der Waals surface area contributed by atoms with Crippen LogP contribution in [0.25, 0.3) is 0 Å². The van der Waals surface area contributed by atoms with E-state index in [0.29, 0.717) is 30.9 Å². The maximum Gasteiger partial charge on any atom is 0.213 e. The van der Waals surface area contributed by atoms with Crippen molar-refractivity contribution in [2.75, 3.05) is 6.54 Å². The summed E-state index contributed by atoms with van der Waals surface area (Å²) in [6.45, 7) is 3.54. The van der Waals surface area contributed by atoms with Gasteiger partial charge in [0, 0.05) is 18.8 Å². The van der Waals surface area contributed by atoms with Gasteiger partial charge >= 0.3 is 0 Å². The summed E-state index contributed by atoms with van der Waals surface area (Å²) < 4.78 is 11.9. The van der Waals surface area contributed by atoms with Crippen LogP contribution in [-0.2, 0) is 11.3 Å². The molecule has 0 aromatic carbocycles. The average Bonchev–Trinajstić information content (AvgIpc) is 3.39. The molecule has 2 saturated heterocycles. The highest BCUT2D eigenvalue weighted by atomic mass is 16.5. The molecule has 0 spiro atoms. The highest BCUT2D eigenvalue weighted by Crippen LogP contribution is 2.34. The van der Waals surface area contributed by atoms with Gasteiger partial charge < -0.3 is 20.1 Å². The molecule has 1 saturated carbocycles. The molecular weight excluding hydrogens is 328 g/mol. The first kappa shape index (κ1) is 17.6. The van der Waals surface area contributed by atoms with Crippen LogP contribution >= 0.6 is 0 Å². The molecule has 4 rings (SSSR count). The van der Waals surface area contributed by atoms with E-state index >= 15 is 0 Å².